The van der Waals surface area contributed by atoms with Crippen molar-refractivity contribution < 1.29 is 1.43 Å². The Labute approximate surface area is 84.1 Å². The predicted molar refractivity (Wildman–Crippen MR) is 59.6 cm³/mol. The van der Waals surface area contributed by atoms with Crippen LogP contribution in [0, 0.1) is 5.92 Å². The number of hydrogen-bond donors (Lipinski definition) is 1. The second kappa shape index (κ2) is 4.97. The largest absolute Gasteiger partial charge is 0.252 e. The fourth-order valence-electron chi connectivity index (χ4n) is 1.93. The molecule has 1 saturated heterocycles. The Balaban J connectivity index is 0.00000169. The molecular formula is C11H26N2. The average Bonchev–Trinajstić information content (AvgIpc) is 2.17. The van der Waals surface area contributed by atoms with Crippen molar-refractivity contribution in [2.45, 2.75) is 59.0 Å². The first-order valence-corrected chi connectivity index (χ1v) is 5.68. The van der Waals surface area contributed by atoms with Crippen LogP contribution >= 0.6 is 0 Å². The van der Waals surface area contributed by atoms with E-state index < -0.39 is 0 Å². The molecule has 1 fully saturated rings. The molecule has 1 unspecified atom stereocenters. The van der Waals surface area contributed by atoms with Gasteiger partial charge in [-0.3, -0.25) is 5.43 Å². The molecule has 0 aliphatic carbocycles. The normalized spacial score (nSPS) is 27.9. The summed E-state index contributed by atoms with van der Waals surface area (Å²) in [4.78, 5) is 0. The van der Waals surface area contributed by atoms with Gasteiger partial charge < -0.3 is 0 Å². The van der Waals surface area contributed by atoms with Gasteiger partial charge in [0.1, 0.15) is 0 Å². The van der Waals surface area contributed by atoms with Crippen LogP contribution in [0.4, 0.5) is 0 Å². The zero-order valence-corrected chi connectivity index (χ0v) is 9.51. The minimum absolute atomic E-state index is 0. The van der Waals surface area contributed by atoms with Crippen LogP contribution in [-0.2, 0) is 0 Å². The molecule has 0 amide bonds. The summed E-state index contributed by atoms with van der Waals surface area (Å²) < 4.78 is 0. The monoisotopic (exact) mass is 186 g/mol. The van der Waals surface area contributed by atoms with E-state index in [2.05, 4.69) is 38.1 Å². The lowest BCUT2D eigenvalue weighted by Crippen LogP contribution is -2.54. The lowest BCUT2D eigenvalue weighted by atomic mass is 9.94. The van der Waals surface area contributed by atoms with Crippen molar-refractivity contribution in [3.8, 4) is 0 Å². The van der Waals surface area contributed by atoms with Gasteiger partial charge >= 0.3 is 0 Å². The van der Waals surface area contributed by atoms with Crippen LogP contribution in [0.1, 0.15) is 48.4 Å². The molecule has 0 aromatic rings. The van der Waals surface area contributed by atoms with Crippen molar-refractivity contribution >= 4 is 0 Å². The van der Waals surface area contributed by atoms with Crippen molar-refractivity contribution in [2.24, 2.45) is 5.92 Å². The fourth-order valence-corrected chi connectivity index (χ4v) is 1.93. The quantitative estimate of drug-likeness (QED) is 0.729. The standard InChI is InChI=1S/C11H24N2.H2/c1-5-10(4)11-7-6-8-13(12-11)9(2)3;/h9-12H,5-8H2,1-4H3;1H/t10?,11-;/m0./s1. The van der Waals surface area contributed by atoms with Gasteiger partial charge in [-0.2, -0.15) is 0 Å². The number of nitrogens with zero attached hydrogens (tertiary/aromatic N) is 1. The molecule has 80 valence electrons. The highest BCUT2D eigenvalue weighted by molar-refractivity contribution is 4.77. The Morgan fingerprint density at radius 1 is 1.46 bits per heavy atom. The summed E-state index contributed by atoms with van der Waals surface area (Å²) in [6, 6.07) is 1.34. The minimum atomic E-state index is 0. The predicted octanol–water partition coefficient (Wildman–Crippen LogP) is 2.66. The molecule has 1 heterocycles. The van der Waals surface area contributed by atoms with Gasteiger partial charge in [0.05, 0.1) is 0 Å². The highest BCUT2D eigenvalue weighted by Crippen LogP contribution is 2.18. The third-order valence-corrected chi connectivity index (χ3v) is 3.20. The van der Waals surface area contributed by atoms with Crippen molar-refractivity contribution in [2.75, 3.05) is 6.54 Å². The first-order valence-electron chi connectivity index (χ1n) is 5.68. The molecule has 0 aromatic carbocycles. The van der Waals surface area contributed by atoms with Crippen molar-refractivity contribution in [3.05, 3.63) is 0 Å². The Bertz CT molecular complexity index is 150. The molecule has 2 nitrogen and oxygen atoms in total. The lowest BCUT2D eigenvalue weighted by molar-refractivity contribution is 0.0597. The van der Waals surface area contributed by atoms with Gasteiger partial charge in [-0.1, -0.05) is 20.3 Å². The summed E-state index contributed by atoms with van der Waals surface area (Å²) in [7, 11) is 0. The highest BCUT2D eigenvalue weighted by Gasteiger charge is 2.23. The summed E-state index contributed by atoms with van der Waals surface area (Å²) in [6.07, 6.45) is 3.97. The van der Waals surface area contributed by atoms with Crippen molar-refractivity contribution in [1.29, 1.82) is 0 Å². The third-order valence-electron chi connectivity index (χ3n) is 3.20. The molecule has 1 N–H and O–H groups in total. The third kappa shape index (κ3) is 2.96. The molecule has 13 heavy (non-hydrogen) atoms. The zero-order chi connectivity index (χ0) is 9.84. The molecule has 2 heteroatoms. The maximum Gasteiger partial charge on any atom is 0.0241 e. The van der Waals surface area contributed by atoms with Gasteiger partial charge in [-0.15, -0.1) is 0 Å². The number of rotatable bonds is 3. The number of nitrogens with one attached hydrogen (secondary N) is 1. The minimum Gasteiger partial charge on any atom is -0.252 e. The molecule has 0 bridgehead atoms. The first-order chi connectivity index (χ1) is 6.15. The summed E-state index contributed by atoms with van der Waals surface area (Å²) in [5, 5.41) is 2.39. The van der Waals surface area contributed by atoms with Crippen LogP contribution in [0.5, 0.6) is 0 Å². The molecule has 1 aliphatic rings. The summed E-state index contributed by atoms with van der Waals surface area (Å²) in [5.41, 5.74) is 3.64. The van der Waals surface area contributed by atoms with Gasteiger partial charge in [0, 0.05) is 20.1 Å². The van der Waals surface area contributed by atoms with Crippen LogP contribution in [0.2, 0.25) is 0 Å². The second-order valence-electron chi connectivity index (χ2n) is 4.55. The molecule has 0 radical (unpaired) electrons. The Kier molecular flexibility index (Phi) is 4.20. The fraction of sp³-hybridized carbons (Fsp3) is 1.00. The van der Waals surface area contributed by atoms with Gasteiger partial charge in [0.15, 0.2) is 0 Å². The van der Waals surface area contributed by atoms with E-state index in [1.165, 1.54) is 25.8 Å². The topological polar surface area (TPSA) is 15.3 Å². The lowest BCUT2D eigenvalue weighted by Gasteiger charge is -2.39. The van der Waals surface area contributed by atoms with Crippen LogP contribution in [0.15, 0.2) is 0 Å². The van der Waals surface area contributed by atoms with Crippen LogP contribution in [-0.4, -0.2) is 23.6 Å². The molecule has 2 atom stereocenters. The molecule has 1 aliphatic heterocycles. The summed E-state index contributed by atoms with van der Waals surface area (Å²) in [6.45, 7) is 10.4. The van der Waals surface area contributed by atoms with Crippen LogP contribution < -0.4 is 5.43 Å². The van der Waals surface area contributed by atoms with E-state index in [9.17, 15) is 0 Å². The van der Waals surface area contributed by atoms with E-state index in [1.807, 2.05) is 0 Å². The van der Waals surface area contributed by atoms with E-state index in [1.54, 1.807) is 0 Å². The summed E-state index contributed by atoms with van der Waals surface area (Å²) >= 11 is 0. The molecular weight excluding hydrogens is 160 g/mol. The number of hydrazine groups is 1. The number of hydrogen-bond acceptors (Lipinski definition) is 2. The second-order valence-corrected chi connectivity index (χ2v) is 4.55. The smallest absolute Gasteiger partial charge is 0.0241 e. The van der Waals surface area contributed by atoms with E-state index in [-0.39, 0.29) is 1.43 Å². The van der Waals surface area contributed by atoms with Gasteiger partial charge in [-0.25, -0.2) is 5.01 Å². The van der Waals surface area contributed by atoms with Crippen molar-refractivity contribution in [3.63, 3.8) is 0 Å². The average molecular weight is 186 g/mol. The van der Waals surface area contributed by atoms with E-state index in [0.29, 0.717) is 12.1 Å². The zero-order valence-electron chi connectivity index (χ0n) is 9.51. The Morgan fingerprint density at radius 2 is 2.15 bits per heavy atom. The maximum atomic E-state index is 3.64. The highest BCUT2D eigenvalue weighted by atomic mass is 15.5. The van der Waals surface area contributed by atoms with Crippen LogP contribution in [0.25, 0.3) is 0 Å². The molecule has 0 spiro atoms. The Morgan fingerprint density at radius 3 is 2.69 bits per heavy atom. The maximum absolute atomic E-state index is 3.64. The van der Waals surface area contributed by atoms with E-state index in [0.717, 1.165) is 5.92 Å². The van der Waals surface area contributed by atoms with Gasteiger partial charge in [0.2, 0.25) is 0 Å². The molecule has 0 saturated carbocycles. The van der Waals surface area contributed by atoms with Gasteiger partial charge in [0.25, 0.3) is 0 Å². The van der Waals surface area contributed by atoms with Crippen LogP contribution in [0.3, 0.4) is 0 Å². The Hall–Kier alpha value is -0.0800. The summed E-state index contributed by atoms with van der Waals surface area (Å²) in [5.74, 6) is 0.807. The molecule has 1 rings (SSSR count). The van der Waals surface area contributed by atoms with Gasteiger partial charge in [-0.05, 0) is 32.6 Å². The van der Waals surface area contributed by atoms with E-state index in [4.69, 9.17) is 0 Å². The first kappa shape index (κ1) is 11.0. The molecule has 0 aromatic heterocycles. The van der Waals surface area contributed by atoms with E-state index >= 15 is 0 Å². The SMILES string of the molecule is CCC(C)[C@@H]1CCCN(C(C)C)N1.[HH]. The van der Waals surface area contributed by atoms with Crippen molar-refractivity contribution in [1.82, 2.24) is 10.4 Å².